The minimum atomic E-state index is -0.265. The Balaban J connectivity index is 1.51. The van der Waals surface area contributed by atoms with E-state index in [1.807, 2.05) is 42.5 Å². The van der Waals surface area contributed by atoms with Gasteiger partial charge in [0.2, 0.25) is 5.91 Å². The van der Waals surface area contributed by atoms with Crippen LogP contribution in [0.1, 0.15) is 0 Å². The molecule has 0 spiro atoms. The molecule has 2 N–H and O–H groups in total. The number of hydrogen-bond acceptors (Lipinski definition) is 4. The van der Waals surface area contributed by atoms with Crippen molar-refractivity contribution in [3.8, 4) is 5.75 Å². The zero-order valence-electron chi connectivity index (χ0n) is 14.9. The van der Waals surface area contributed by atoms with E-state index in [1.165, 1.54) is 7.11 Å². The van der Waals surface area contributed by atoms with Crippen LogP contribution in [0.4, 0.5) is 11.4 Å². The summed E-state index contributed by atoms with van der Waals surface area (Å²) in [7, 11) is 1.46. The number of rotatable bonds is 7. The van der Waals surface area contributed by atoms with Crippen molar-refractivity contribution in [2.75, 3.05) is 31.0 Å². The minimum Gasteiger partial charge on any atom is -0.484 e. The van der Waals surface area contributed by atoms with Gasteiger partial charge in [-0.15, -0.1) is 0 Å². The number of ether oxygens (including phenoxy) is 2. The molecule has 3 aromatic rings. The van der Waals surface area contributed by atoms with Gasteiger partial charge in [-0.3, -0.25) is 9.59 Å². The van der Waals surface area contributed by atoms with E-state index in [2.05, 4.69) is 10.6 Å². The third-order valence-electron chi connectivity index (χ3n) is 3.82. The molecule has 0 aromatic heterocycles. The molecule has 3 aromatic carbocycles. The lowest BCUT2D eigenvalue weighted by molar-refractivity contribution is -0.120. The van der Waals surface area contributed by atoms with Gasteiger partial charge in [0.25, 0.3) is 5.91 Å². The van der Waals surface area contributed by atoms with Crippen LogP contribution in [0.15, 0.2) is 66.7 Å². The fraction of sp³-hybridized carbons (Fsp3) is 0.143. The minimum absolute atomic E-state index is 0.00933. The molecule has 0 aliphatic rings. The van der Waals surface area contributed by atoms with Crippen LogP contribution >= 0.6 is 0 Å². The molecule has 2 amide bonds. The maximum atomic E-state index is 12.1. The highest BCUT2D eigenvalue weighted by Gasteiger charge is 2.06. The van der Waals surface area contributed by atoms with Crippen molar-refractivity contribution in [3.05, 3.63) is 66.7 Å². The van der Waals surface area contributed by atoms with Crippen LogP contribution in [-0.4, -0.2) is 32.1 Å². The molecule has 6 heteroatoms. The molecule has 0 radical (unpaired) electrons. The summed E-state index contributed by atoms with van der Waals surface area (Å²) in [6.07, 6.45) is 0. The van der Waals surface area contributed by atoms with Crippen LogP contribution in [0.3, 0.4) is 0 Å². The largest absolute Gasteiger partial charge is 0.484 e. The summed E-state index contributed by atoms with van der Waals surface area (Å²) in [5.74, 6) is 0.137. The monoisotopic (exact) mass is 364 g/mol. The summed E-state index contributed by atoms with van der Waals surface area (Å²) in [6.45, 7) is -0.102. The van der Waals surface area contributed by atoms with Crippen molar-refractivity contribution in [2.45, 2.75) is 0 Å². The molecule has 0 fully saturated rings. The van der Waals surface area contributed by atoms with Crippen molar-refractivity contribution in [1.82, 2.24) is 0 Å². The Morgan fingerprint density at radius 2 is 1.37 bits per heavy atom. The quantitative estimate of drug-likeness (QED) is 0.673. The van der Waals surface area contributed by atoms with Crippen LogP contribution in [0, 0.1) is 0 Å². The van der Waals surface area contributed by atoms with Crippen LogP contribution in [0.5, 0.6) is 5.75 Å². The first-order valence-electron chi connectivity index (χ1n) is 8.44. The average Bonchev–Trinajstić information content (AvgIpc) is 2.68. The lowest BCUT2D eigenvalue weighted by atomic mass is 10.1. The van der Waals surface area contributed by atoms with E-state index >= 15 is 0 Å². The van der Waals surface area contributed by atoms with Crippen molar-refractivity contribution in [2.24, 2.45) is 0 Å². The van der Waals surface area contributed by atoms with E-state index in [4.69, 9.17) is 9.47 Å². The molecular weight excluding hydrogens is 344 g/mol. The number of methoxy groups -OCH3 is 1. The molecule has 0 bridgehead atoms. The normalized spacial score (nSPS) is 10.4. The van der Waals surface area contributed by atoms with Crippen molar-refractivity contribution < 1.29 is 19.1 Å². The Labute approximate surface area is 157 Å². The Hall–Kier alpha value is -3.38. The van der Waals surface area contributed by atoms with E-state index in [0.29, 0.717) is 17.1 Å². The molecule has 0 aliphatic heterocycles. The summed E-state index contributed by atoms with van der Waals surface area (Å²) in [4.78, 5) is 23.5. The Kier molecular flexibility index (Phi) is 6.02. The first-order valence-corrected chi connectivity index (χ1v) is 8.44. The maximum absolute atomic E-state index is 12.1. The number of hydrogen-bond donors (Lipinski definition) is 2. The van der Waals surface area contributed by atoms with Gasteiger partial charge in [-0.2, -0.15) is 0 Å². The predicted octanol–water partition coefficient (Wildman–Crippen LogP) is 3.44. The number of nitrogens with one attached hydrogen (secondary N) is 2. The molecule has 6 nitrogen and oxygen atoms in total. The maximum Gasteiger partial charge on any atom is 0.262 e. The molecule has 0 saturated heterocycles. The lowest BCUT2D eigenvalue weighted by Crippen LogP contribution is -2.20. The Morgan fingerprint density at radius 3 is 2.00 bits per heavy atom. The van der Waals surface area contributed by atoms with Gasteiger partial charge in [-0.05, 0) is 47.2 Å². The van der Waals surface area contributed by atoms with Crippen molar-refractivity contribution >= 4 is 34.0 Å². The van der Waals surface area contributed by atoms with E-state index in [0.717, 1.165) is 10.8 Å². The van der Waals surface area contributed by atoms with E-state index in [1.54, 1.807) is 24.3 Å². The van der Waals surface area contributed by atoms with Gasteiger partial charge < -0.3 is 20.1 Å². The van der Waals surface area contributed by atoms with Crippen LogP contribution < -0.4 is 15.4 Å². The number of amides is 2. The van der Waals surface area contributed by atoms with Gasteiger partial charge in [-0.1, -0.05) is 30.3 Å². The molecule has 138 valence electrons. The predicted molar refractivity (Wildman–Crippen MR) is 105 cm³/mol. The number of benzene rings is 3. The molecule has 0 unspecified atom stereocenters. The van der Waals surface area contributed by atoms with Gasteiger partial charge in [0, 0.05) is 18.5 Å². The smallest absolute Gasteiger partial charge is 0.262 e. The lowest BCUT2D eigenvalue weighted by Gasteiger charge is -2.09. The Bertz CT molecular complexity index is 938. The highest BCUT2D eigenvalue weighted by Crippen LogP contribution is 2.20. The number of fused-ring (bicyclic) bond motifs is 1. The molecule has 3 rings (SSSR count). The fourth-order valence-corrected chi connectivity index (χ4v) is 2.57. The first-order chi connectivity index (χ1) is 13.1. The van der Waals surface area contributed by atoms with E-state index < -0.39 is 0 Å². The highest BCUT2D eigenvalue weighted by atomic mass is 16.5. The summed E-state index contributed by atoms with van der Waals surface area (Å²) in [5.41, 5.74) is 1.24. The molecular formula is C21H20N2O4. The highest BCUT2D eigenvalue weighted by molar-refractivity contribution is 5.94. The Morgan fingerprint density at radius 1 is 0.778 bits per heavy atom. The molecule has 0 aliphatic carbocycles. The third-order valence-corrected chi connectivity index (χ3v) is 3.82. The third kappa shape index (κ3) is 5.29. The first kappa shape index (κ1) is 18.4. The van der Waals surface area contributed by atoms with Crippen molar-refractivity contribution in [3.63, 3.8) is 0 Å². The van der Waals surface area contributed by atoms with Crippen molar-refractivity contribution in [1.29, 1.82) is 0 Å². The summed E-state index contributed by atoms with van der Waals surface area (Å²) in [5, 5.41) is 7.61. The van der Waals surface area contributed by atoms with Crippen LogP contribution in [-0.2, 0) is 14.3 Å². The average molecular weight is 364 g/mol. The second-order valence-electron chi connectivity index (χ2n) is 5.90. The molecule has 0 atom stereocenters. The van der Waals surface area contributed by atoms with E-state index in [-0.39, 0.29) is 25.0 Å². The standard InChI is InChI=1S/C21H20N2O4/c1-26-13-20(24)22-17-7-9-18(10-8-17)23-21(25)14-27-19-11-6-15-4-2-3-5-16(15)12-19/h2-12H,13-14H2,1H3,(H,22,24)(H,23,25). The number of anilines is 2. The van der Waals surface area contributed by atoms with Gasteiger partial charge >= 0.3 is 0 Å². The zero-order valence-corrected chi connectivity index (χ0v) is 14.9. The van der Waals surface area contributed by atoms with Gasteiger partial charge in [-0.25, -0.2) is 0 Å². The second-order valence-corrected chi connectivity index (χ2v) is 5.90. The summed E-state index contributed by atoms with van der Waals surface area (Å²) >= 11 is 0. The zero-order chi connectivity index (χ0) is 19.1. The fourth-order valence-electron chi connectivity index (χ4n) is 2.57. The summed E-state index contributed by atoms with van der Waals surface area (Å²) < 4.78 is 10.3. The second kappa shape index (κ2) is 8.82. The molecule has 0 heterocycles. The molecule has 0 saturated carbocycles. The van der Waals surface area contributed by atoms with Crippen LogP contribution in [0.25, 0.3) is 10.8 Å². The number of carbonyl (C=O) groups is 2. The van der Waals surface area contributed by atoms with E-state index in [9.17, 15) is 9.59 Å². The van der Waals surface area contributed by atoms with Gasteiger partial charge in [0.1, 0.15) is 12.4 Å². The van der Waals surface area contributed by atoms with Gasteiger partial charge in [0.05, 0.1) is 0 Å². The summed E-state index contributed by atoms with van der Waals surface area (Å²) in [6, 6.07) is 20.5. The van der Waals surface area contributed by atoms with Gasteiger partial charge in [0.15, 0.2) is 6.61 Å². The SMILES string of the molecule is COCC(=O)Nc1ccc(NC(=O)COc2ccc3ccccc3c2)cc1. The topological polar surface area (TPSA) is 76.7 Å². The molecule has 27 heavy (non-hydrogen) atoms. The number of carbonyl (C=O) groups excluding carboxylic acids is 2. The van der Waals surface area contributed by atoms with Crippen LogP contribution in [0.2, 0.25) is 0 Å².